The average Bonchev–Trinajstić information content (AvgIpc) is 3.29. The molecule has 4 rings (SSSR count). The van der Waals surface area contributed by atoms with Gasteiger partial charge in [-0.1, -0.05) is 18.2 Å². The minimum atomic E-state index is -0.157. The maximum atomic E-state index is 12.5. The maximum absolute atomic E-state index is 12.5. The smallest absolute Gasteiger partial charge is 0.257 e. The molecule has 5 heteroatoms. The van der Waals surface area contributed by atoms with Gasteiger partial charge in [0.15, 0.2) is 0 Å². The fourth-order valence-electron chi connectivity index (χ4n) is 3.44. The summed E-state index contributed by atoms with van der Waals surface area (Å²) in [6, 6.07) is 21.7. The number of nitrogens with one attached hydrogen (secondary N) is 1. The van der Waals surface area contributed by atoms with E-state index in [4.69, 9.17) is 0 Å². The number of aromatic nitrogens is 1. The van der Waals surface area contributed by atoms with Crippen LogP contribution in [-0.4, -0.2) is 31.0 Å². The van der Waals surface area contributed by atoms with E-state index < -0.39 is 0 Å². The van der Waals surface area contributed by atoms with Crippen LogP contribution < -0.4 is 15.1 Å². The van der Waals surface area contributed by atoms with Crippen molar-refractivity contribution in [1.82, 2.24) is 4.98 Å². The van der Waals surface area contributed by atoms with Crippen LogP contribution in [0.2, 0.25) is 0 Å². The third kappa shape index (κ3) is 3.98. The Balaban J connectivity index is 1.41. The molecule has 1 aliphatic heterocycles. The van der Waals surface area contributed by atoms with Gasteiger partial charge in [-0.2, -0.15) is 0 Å². The second kappa shape index (κ2) is 8.13. The summed E-state index contributed by atoms with van der Waals surface area (Å²) in [5, 5.41) is 2.95. The molecule has 28 heavy (non-hydrogen) atoms. The van der Waals surface area contributed by atoms with Gasteiger partial charge in [0.25, 0.3) is 5.91 Å². The zero-order chi connectivity index (χ0) is 19.3. The van der Waals surface area contributed by atoms with Gasteiger partial charge >= 0.3 is 0 Å². The number of para-hydroxylation sites is 1. The van der Waals surface area contributed by atoms with Crippen molar-refractivity contribution in [2.45, 2.75) is 12.8 Å². The number of rotatable bonds is 5. The van der Waals surface area contributed by atoms with Crippen molar-refractivity contribution >= 4 is 28.8 Å². The number of carbonyl (C=O) groups is 1. The molecular weight excluding hydrogens is 348 g/mol. The molecule has 0 unspecified atom stereocenters. The van der Waals surface area contributed by atoms with E-state index in [0.29, 0.717) is 5.56 Å². The summed E-state index contributed by atoms with van der Waals surface area (Å²) in [5.74, 6) is 0.632. The lowest BCUT2D eigenvalue weighted by Gasteiger charge is -2.18. The van der Waals surface area contributed by atoms with E-state index >= 15 is 0 Å². The van der Waals surface area contributed by atoms with E-state index in [1.807, 2.05) is 60.5 Å². The molecule has 5 nitrogen and oxygen atoms in total. The number of carbonyl (C=O) groups excluding carboxylic acids is 1. The number of anilines is 4. The minimum Gasteiger partial charge on any atom is -0.372 e. The number of nitrogens with zero attached hydrogens (tertiary/aromatic N) is 3. The lowest BCUT2D eigenvalue weighted by molar-refractivity contribution is 0.102. The highest BCUT2D eigenvalue weighted by Crippen LogP contribution is 2.23. The third-order valence-corrected chi connectivity index (χ3v) is 5.09. The lowest BCUT2D eigenvalue weighted by atomic mass is 10.2. The summed E-state index contributed by atoms with van der Waals surface area (Å²) in [4.78, 5) is 21.3. The average molecular weight is 372 g/mol. The number of amides is 1. The van der Waals surface area contributed by atoms with Crippen LogP contribution in [-0.2, 0) is 0 Å². The highest BCUT2D eigenvalue weighted by atomic mass is 16.1. The molecule has 1 amide bonds. The Morgan fingerprint density at radius 2 is 1.68 bits per heavy atom. The highest BCUT2D eigenvalue weighted by Gasteiger charge is 2.13. The Morgan fingerprint density at radius 1 is 0.964 bits per heavy atom. The number of hydrogen-bond acceptors (Lipinski definition) is 4. The van der Waals surface area contributed by atoms with Gasteiger partial charge in [0, 0.05) is 43.4 Å². The first-order valence-corrected chi connectivity index (χ1v) is 9.62. The molecule has 0 radical (unpaired) electrons. The fraction of sp³-hybridized carbons (Fsp3) is 0.217. The first-order valence-electron chi connectivity index (χ1n) is 9.62. The molecule has 0 atom stereocenters. The second-order valence-electron chi connectivity index (χ2n) is 6.99. The van der Waals surface area contributed by atoms with E-state index in [1.165, 1.54) is 18.5 Å². The van der Waals surface area contributed by atoms with Crippen molar-refractivity contribution in [3.63, 3.8) is 0 Å². The van der Waals surface area contributed by atoms with Crippen LogP contribution in [0.5, 0.6) is 0 Å². The summed E-state index contributed by atoms with van der Waals surface area (Å²) >= 11 is 0. The fourth-order valence-corrected chi connectivity index (χ4v) is 3.44. The van der Waals surface area contributed by atoms with Gasteiger partial charge in [-0.3, -0.25) is 4.79 Å². The Bertz CT molecular complexity index is 917. The standard InChI is InChI=1S/C23H24N4O/c1-26(20-7-3-2-4-8-20)22-14-9-18(17-24-22)23(28)25-19-10-12-21(13-11-19)27-15-5-6-16-27/h2-4,7-14,17H,5-6,15-16H2,1H3,(H,25,28). The van der Waals surface area contributed by atoms with Crippen LogP contribution in [0.1, 0.15) is 23.2 Å². The lowest BCUT2D eigenvalue weighted by Crippen LogP contribution is -2.17. The molecule has 1 aromatic heterocycles. The summed E-state index contributed by atoms with van der Waals surface area (Å²) in [6.07, 6.45) is 4.12. The van der Waals surface area contributed by atoms with Crippen LogP contribution in [0.25, 0.3) is 0 Å². The molecule has 2 aromatic carbocycles. The van der Waals surface area contributed by atoms with Gasteiger partial charge in [-0.05, 0) is 61.4 Å². The van der Waals surface area contributed by atoms with E-state index in [0.717, 1.165) is 30.3 Å². The summed E-state index contributed by atoms with van der Waals surface area (Å²) < 4.78 is 0. The number of pyridine rings is 1. The molecule has 3 aromatic rings. The monoisotopic (exact) mass is 372 g/mol. The van der Waals surface area contributed by atoms with Gasteiger partial charge in [-0.25, -0.2) is 4.98 Å². The Morgan fingerprint density at radius 3 is 2.32 bits per heavy atom. The topological polar surface area (TPSA) is 48.5 Å². The van der Waals surface area contributed by atoms with Gasteiger partial charge < -0.3 is 15.1 Å². The van der Waals surface area contributed by atoms with E-state index in [-0.39, 0.29) is 5.91 Å². The number of benzene rings is 2. The highest BCUT2D eigenvalue weighted by molar-refractivity contribution is 6.04. The molecule has 0 aliphatic carbocycles. The van der Waals surface area contributed by atoms with Crippen LogP contribution >= 0.6 is 0 Å². The molecule has 2 heterocycles. The Hall–Kier alpha value is -3.34. The van der Waals surface area contributed by atoms with E-state index in [1.54, 1.807) is 12.3 Å². The maximum Gasteiger partial charge on any atom is 0.257 e. The molecule has 142 valence electrons. The van der Waals surface area contributed by atoms with Gasteiger partial charge in [0.2, 0.25) is 0 Å². The van der Waals surface area contributed by atoms with Crippen molar-refractivity contribution in [2.75, 3.05) is 35.3 Å². The Kier molecular flexibility index (Phi) is 5.24. The molecule has 1 fully saturated rings. The first kappa shape index (κ1) is 18.0. The predicted molar refractivity (Wildman–Crippen MR) is 115 cm³/mol. The first-order chi connectivity index (χ1) is 13.7. The van der Waals surface area contributed by atoms with Gasteiger partial charge in [-0.15, -0.1) is 0 Å². The quantitative estimate of drug-likeness (QED) is 0.705. The van der Waals surface area contributed by atoms with Crippen LogP contribution in [0.15, 0.2) is 72.9 Å². The minimum absolute atomic E-state index is 0.157. The molecular formula is C23H24N4O. The third-order valence-electron chi connectivity index (χ3n) is 5.09. The molecule has 0 bridgehead atoms. The molecule has 0 saturated carbocycles. The van der Waals surface area contributed by atoms with E-state index in [9.17, 15) is 4.79 Å². The summed E-state index contributed by atoms with van der Waals surface area (Å²) in [7, 11) is 1.96. The summed E-state index contributed by atoms with van der Waals surface area (Å²) in [5.41, 5.74) is 3.59. The largest absolute Gasteiger partial charge is 0.372 e. The SMILES string of the molecule is CN(c1ccccc1)c1ccc(C(=O)Nc2ccc(N3CCCC3)cc2)cn1. The zero-order valence-electron chi connectivity index (χ0n) is 16.0. The Labute approximate surface area is 165 Å². The van der Waals surface area contributed by atoms with Crippen molar-refractivity contribution in [1.29, 1.82) is 0 Å². The van der Waals surface area contributed by atoms with Crippen LogP contribution in [0.4, 0.5) is 22.9 Å². The van der Waals surface area contributed by atoms with Crippen LogP contribution in [0, 0.1) is 0 Å². The molecule has 0 spiro atoms. The van der Waals surface area contributed by atoms with Gasteiger partial charge in [0.05, 0.1) is 5.56 Å². The van der Waals surface area contributed by atoms with E-state index in [2.05, 4.69) is 27.3 Å². The molecule has 1 N–H and O–H groups in total. The second-order valence-corrected chi connectivity index (χ2v) is 6.99. The van der Waals surface area contributed by atoms with Crippen molar-refractivity contribution in [2.24, 2.45) is 0 Å². The predicted octanol–water partition coefficient (Wildman–Crippen LogP) is 4.70. The normalized spacial score (nSPS) is 13.4. The zero-order valence-corrected chi connectivity index (χ0v) is 16.0. The number of hydrogen-bond donors (Lipinski definition) is 1. The molecule has 1 saturated heterocycles. The summed E-state index contributed by atoms with van der Waals surface area (Å²) in [6.45, 7) is 2.22. The van der Waals surface area contributed by atoms with Gasteiger partial charge in [0.1, 0.15) is 5.82 Å². The molecule has 1 aliphatic rings. The van der Waals surface area contributed by atoms with Crippen molar-refractivity contribution in [3.05, 3.63) is 78.5 Å². The van der Waals surface area contributed by atoms with Crippen molar-refractivity contribution < 1.29 is 4.79 Å². The van der Waals surface area contributed by atoms with Crippen LogP contribution in [0.3, 0.4) is 0 Å². The van der Waals surface area contributed by atoms with Crippen molar-refractivity contribution in [3.8, 4) is 0 Å².